The Labute approximate surface area is 147 Å². The summed E-state index contributed by atoms with van der Waals surface area (Å²) in [5.74, 6) is -0.582. The Bertz CT molecular complexity index is 732. The molecule has 5 nitrogen and oxygen atoms in total. The number of anilines is 1. The first-order chi connectivity index (χ1) is 10.9. The van der Waals surface area contributed by atoms with Crippen LogP contribution in [-0.2, 0) is 9.53 Å². The molecule has 1 aromatic heterocycles. The highest BCUT2D eigenvalue weighted by Crippen LogP contribution is 2.29. The van der Waals surface area contributed by atoms with E-state index in [0.717, 1.165) is 0 Å². The summed E-state index contributed by atoms with van der Waals surface area (Å²) < 4.78 is 10.2. The van der Waals surface area contributed by atoms with Crippen LogP contribution in [-0.4, -0.2) is 25.1 Å². The highest BCUT2D eigenvalue weighted by atomic mass is 35.5. The lowest BCUT2D eigenvalue weighted by molar-refractivity contribution is -0.122. The molecule has 0 saturated carbocycles. The van der Waals surface area contributed by atoms with Gasteiger partial charge in [0.05, 0.1) is 17.8 Å². The van der Waals surface area contributed by atoms with Crippen molar-refractivity contribution in [2.75, 3.05) is 12.4 Å². The highest BCUT2D eigenvalue weighted by molar-refractivity contribution is 7.12. The molecular formula is C15H13Cl2NO4S. The number of thiophene rings is 1. The van der Waals surface area contributed by atoms with E-state index in [1.807, 2.05) is 0 Å². The fourth-order valence-corrected chi connectivity index (χ4v) is 2.93. The van der Waals surface area contributed by atoms with Crippen LogP contribution in [0, 0.1) is 0 Å². The average Bonchev–Trinajstić information content (AvgIpc) is 2.97. The third kappa shape index (κ3) is 4.37. The Morgan fingerprint density at radius 1 is 1.26 bits per heavy atom. The van der Waals surface area contributed by atoms with Crippen molar-refractivity contribution in [2.24, 2.45) is 0 Å². The van der Waals surface area contributed by atoms with Gasteiger partial charge in [0, 0.05) is 5.02 Å². The SMILES string of the molecule is COC(=O)c1sccc1NC(=O)C(C)Oc1ccc(Cl)cc1Cl. The molecule has 0 bridgehead atoms. The Balaban J connectivity index is 2.06. The maximum atomic E-state index is 12.2. The summed E-state index contributed by atoms with van der Waals surface area (Å²) in [6.45, 7) is 1.57. The fraction of sp³-hybridized carbons (Fsp3) is 0.200. The van der Waals surface area contributed by atoms with E-state index in [4.69, 9.17) is 27.9 Å². The summed E-state index contributed by atoms with van der Waals surface area (Å²) in [6.07, 6.45) is -0.820. The van der Waals surface area contributed by atoms with Gasteiger partial charge < -0.3 is 14.8 Å². The smallest absolute Gasteiger partial charge is 0.350 e. The van der Waals surface area contributed by atoms with Gasteiger partial charge in [-0.25, -0.2) is 4.79 Å². The number of methoxy groups -OCH3 is 1. The quantitative estimate of drug-likeness (QED) is 0.795. The number of ether oxygens (including phenoxy) is 2. The minimum absolute atomic E-state index is 0.308. The van der Waals surface area contributed by atoms with Crippen molar-refractivity contribution in [3.63, 3.8) is 0 Å². The van der Waals surface area contributed by atoms with Gasteiger partial charge in [0.2, 0.25) is 0 Å². The Morgan fingerprint density at radius 3 is 2.65 bits per heavy atom. The van der Waals surface area contributed by atoms with E-state index in [0.29, 0.717) is 26.4 Å². The minimum Gasteiger partial charge on any atom is -0.479 e. The van der Waals surface area contributed by atoms with Crippen molar-refractivity contribution in [3.8, 4) is 5.75 Å². The molecule has 0 aliphatic heterocycles. The number of nitrogens with one attached hydrogen (secondary N) is 1. The molecule has 0 aliphatic rings. The van der Waals surface area contributed by atoms with Crippen molar-refractivity contribution >= 4 is 52.1 Å². The lowest BCUT2D eigenvalue weighted by Gasteiger charge is -2.15. The van der Waals surface area contributed by atoms with Crippen LogP contribution in [0.1, 0.15) is 16.6 Å². The number of amides is 1. The number of hydrogen-bond acceptors (Lipinski definition) is 5. The first kappa shape index (κ1) is 17.6. The zero-order chi connectivity index (χ0) is 17.0. The maximum absolute atomic E-state index is 12.2. The van der Waals surface area contributed by atoms with E-state index in [2.05, 4.69) is 10.1 Å². The van der Waals surface area contributed by atoms with Crippen molar-refractivity contribution in [1.29, 1.82) is 0 Å². The van der Waals surface area contributed by atoms with Crippen LogP contribution >= 0.6 is 34.5 Å². The monoisotopic (exact) mass is 373 g/mol. The van der Waals surface area contributed by atoms with Gasteiger partial charge >= 0.3 is 5.97 Å². The minimum atomic E-state index is -0.820. The van der Waals surface area contributed by atoms with E-state index in [1.54, 1.807) is 30.5 Å². The molecule has 0 aliphatic carbocycles. The Morgan fingerprint density at radius 2 is 2.00 bits per heavy atom. The largest absolute Gasteiger partial charge is 0.479 e. The van der Waals surface area contributed by atoms with Gasteiger partial charge in [-0.1, -0.05) is 23.2 Å². The number of carbonyl (C=O) groups excluding carboxylic acids is 2. The molecule has 2 rings (SSSR count). The average molecular weight is 374 g/mol. The maximum Gasteiger partial charge on any atom is 0.350 e. The molecule has 0 fully saturated rings. The molecule has 1 atom stereocenters. The van der Waals surface area contributed by atoms with E-state index < -0.39 is 18.0 Å². The molecule has 8 heteroatoms. The number of carbonyl (C=O) groups is 2. The van der Waals surface area contributed by atoms with Gasteiger partial charge in [0.15, 0.2) is 6.10 Å². The number of rotatable bonds is 5. The predicted octanol–water partition coefficient (Wildman–Crippen LogP) is 4.25. The third-order valence-electron chi connectivity index (χ3n) is 2.86. The molecule has 2 aromatic rings. The summed E-state index contributed by atoms with van der Waals surface area (Å²) in [5.41, 5.74) is 0.379. The zero-order valence-corrected chi connectivity index (χ0v) is 14.6. The van der Waals surface area contributed by atoms with Crippen LogP contribution in [0.5, 0.6) is 5.75 Å². The summed E-state index contributed by atoms with van der Waals surface area (Å²) in [7, 11) is 1.28. The van der Waals surface area contributed by atoms with Gasteiger partial charge in [-0.3, -0.25) is 4.79 Å². The van der Waals surface area contributed by atoms with Crippen LogP contribution in [0.2, 0.25) is 10.0 Å². The fourth-order valence-electron chi connectivity index (χ4n) is 1.71. The number of hydrogen-bond donors (Lipinski definition) is 1. The molecule has 1 heterocycles. The molecule has 1 aromatic carbocycles. The second kappa shape index (κ2) is 7.68. The Kier molecular flexibility index (Phi) is 5.87. The lowest BCUT2D eigenvalue weighted by atomic mass is 10.3. The van der Waals surface area contributed by atoms with Gasteiger partial charge in [0.25, 0.3) is 5.91 Å². The summed E-state index contributed by atoms with van der Waals surface area (Å²) in [6, 6.07) is 6.34. The zero-order valence-electron chi connectivity index (χ0n) is 12.3. The normalized spacial score (nSPS) is 11.7. The molecule has 0 spiro atoms. The van der Waals surface area contributed by atoms with Crippen molar-refractivity contribution < 1.29 is 19.1 Å². The molecule has 1 unspecified atom stereocenters. The number of halogens is 2. The van der Waals surface area contributed by atoms with Crippen LogP contribution in [0.15, 0.2) is 29.6 Å². The van der Waals surface area contributed by atoms with E-state index in [-0.39, 0.29) is 0 Å². The van der Waals surface area contributed by atoms with Gasteiger partial charge in [-0.05, 0) is 36.6 Å². The van der Waals surface area contributed by atoms with Gasteiger partial charge in [-0.15, -0.1) is 11.3 Å². The van der Waals surface area contributed by atoms with Gasteiger partial charge in [0.1, 0.15) is 10.6 Å². The summed E-state index contributed by atoms with van der Waals surface area (Å²) in [5, 5.41) is 5.10. The summed E-state index contributed by atoms with van der Waals surface area (Å²) >= 11 is 13.0. The van der Waals surface area contributed by atoms with E-state index in [1.165, 1.54) is 24.5 Å². The van der Waals surface area contributed by atoms with Crippen LogP contribution in [0.25, 0.3) is 0 Å². The van der Waals surface area contributed by atoms with Crippen LogP contribution < -0.4 is 10.1 Å². The first-order valence-electron chi connectivity index (χ1n) is 6.50. The third-order valence-corrected chi connectivity index (χ3v) is 4.29. The van der Waals surface area contributed by atoms with Crippen LogP contribution in [0.4, 0.5) is 5.69 Å². The second-order valence-electron chi connectivity index (χ2n) is 4.48. The van der Waals surface area contributed by atoms with Crippen molar-refractivity contribution in [3.05, 3.63) is 44.6 Å². The van der Waals surface area contributed by atoms with Crippen LogP contribution in [0.3, 0.4) is 0 Å². The molecule has 0 saturated heterocycles. The topological polar surface area (TPSA) is 64.6 Å². The lowest BCUT2D eigenvalue weighted by Crippen LogP contribution is -2.30. The second-order valence-corrected chi connectivity index (χ2v) is 6.24. The first-order valence-corrected chi connectivity index (χ1v) is 8.14. The standard InChI is InChI=1S/C15H13Cl2NO4S/c1-8(22-12-4-3-9(16)7-10(12)17)14(19)18-11-5-6-23-13(11)15(20)21-2/h3-8H,1-2H3,(H,18,19). The van der Waals surface area contributed by atoms with Crippen molar-refractivity contribution in [2.45, 2.75) is 13.0 Å². The van der Waals surface area contributed by atoms with E-state index >= 15 is 0 Å². The molecule has 1 N–H and O–H groups in total. The molecule has 23 heavy (non-hydrogen) atoms. The predicted molar refractivity (Wildman–Crippen MR) is 90.8 cm³/mol. The van der Waals surface area contributed by atoms with E-state index in [9.17, 15) is 9.59 Å². The highest BCUT2D eigenvalue weighted by Gasteiger charge is 2.20. The summed E-state index contributed by atoms with van der Waals surface area (Å²) in [4.78, 5) is 24.1. The molecule has 0 radical (unpaired) electrons. The van der Waals surface area contributed by atoms with Crippen molar-refractivity contribution in [1.82, 2.24) is 0 Å². The van der Waals surface area contributed by atoms with Gasteiger partial charge in [-0.2, -0.15) is 0 Å². The molecule has 1 amide bonds. The molecular weight excluding hydrogens is 361 g/mol. The Hall–Kier alpha value is -1.76. The molecule has 122 valence electrons. The number of benzene rings is 1. The number of esters is 1.